The minimum Gasteiger partial charge on any atom is -0.370 e. The van der Waals surface area contributed by atoms with Crippen molar-refractivity contribution in [3.63, 3.8) is 0 Å². The van der Waals surface area contributed by atoms with E-state index in [4.69, 9.17) is 10.5 Å². The van der Waals surface area contributed by atoms with Gasteiger partial charge in [-0.05, 0) is 13.3 Å². The fourth-order valence-electron chi connectivity index (χ4n) is 1.45. The van der Waals surface area contributed by atoms with Gasteiger partial charge in [-0.15, -0.1) is 0 Å². The molecular formula is C12H16N6. The van der Waals surface area contributed by atoms with Gasteiger partial charge >= 0.3 is 0 Å². The second-order valence-electron chi connectivity index (χ2n) is 3.76. The maximum atomic E-state index is 8.74. The third kappa shape index (κ3) is 3.91. The van der Waals surface area contributed by atoms with Crippen LogP contribution in [0.2, 0.25) is 0 Å². The normalized spacial score (nSPS) is 9.33. The summed E-state index contributed by atoms with van der Waals surface area (Å²) in [6.07, 6.45) is 0.999. The van der Waals surface area contributed by atoms with Crippen molar-refractivity contribution in [1.82, 2.24) is 9.97 Å². The van der Waals surface area contributed by atoms with Gasteiger partial charge in [0.25, 0.3) is 0 Å². The summed E-state index contributed by atoms with van der Waals surface area (Å²) in [6, 6.07) is 5.82. The molecule has 1 heterocycles. The predicted octanol–water partition coefficient (Wildman–Crippen LogP) is 1.46. The van der Waals surface area contributed by atoms with Crippen molar-refractivity contribution in [2.75, 3.05) is 29.9 Å². The van der Waals surface area contributed by atoms with E-state index in [1.54, 1.807) is 17.9 Å². The fourth-order valence-corrected chi connectivity index (χ4v) is 1.45. The van der Waals surface area contributed by atoms with Crippen molar-refractivity contribution >= 4 is 11.6 Å². The number of hydrogen-bond donors (Lipinski definition) is 1. The van der Waals surface area contributed by atoms with Gasteiger partial charge in [-0.3, -0.25) is 0 Å². The Hall–Kier alpha value is -2.34. The number of nitrogens with one attached hydrogen (secondary N) is 1. The van der Waals surface area contributed by atoms with E-state index in [2.05, 4.69) is 22.2 Å². The molecule has 0 aliphatic rings. The molecule has 0 saturated carbocycles. The number of aryl methyl sites for hydroxylation is 1. The van der Waals surface area contributed by atoms with Gasteiger partial charge < -0.3 is 10.2 Å². The molecule has 6 nitrogen and oxygen atoms in total. The lowest BCUT2D eigenvalue weighted by molar-refractivity contribution is 0.901. The van der Waals surface area contributed by atoms with Gasteiger partial charge in [-0.2, -0.15) is 10.5 Å². The third-order valence-electron chi connectivity index (χ3n) is 2.23. The van der Waals surface area contributed by atoms with Crippen LogP contribution in [0.5, 0.6) is 0 Å². The lowest BCUT2D eigenvalue weighted by atomic mass is 10.4. The number of nitrogens with zero attached hydrogens (tertiary/aromatic N) is 5. The summed E-state index contributed by atoms with van der Waals surface area (Å²) in [5.41, 5.74) is 0. The second-order valence-corrected chi connectivity index (χ2v) is 3.76. The Bertz CT molecular complexity index is 454. The van der Waals surface area contributed by atoms with Crippen LogP contribution in [0, 0.1) is 29.6 Å². The topological polar surface area (TPSA) is 88.6 Å². The van der Waals surface area contributed by atoms with Crippen molar-refractivity contribution in [3.8, 4) is 12.1 Å². The standard InChI is InChI=1S/C12H16N6/c1-3-6-15-11-9-12(17-10(2)16-11)18(7-4-13)8-5-14/h9H,3,6-8H2,1-2H3,(H,15,16,17). The predicted molar refractivity (Wildman–Crippen MR) is 69.0 cm³/mol. The van der Waals surface area contributed by atoms with Gasteiger partial charge in [0.1, 0.15) is 30.5 Å². The molecule has 1 N–H and O–H groups in total. The molecule has 94 valence electrons. The largest absolute Gasteiger partial charge is 0.370 e. The zero-order chi connectivity index (χ0) is 13.4. The SMILES string of the molecule is CCCNc1cc(N(CC#N)CC#N)nc(C)n1. The van der Waals surface area contributed by atoms with Crippen LogP contribution in [0.1, 0.15) is 19.2 Å². The molecule has 0 unspecified atom stereocenters. The lowest BCUT2D eigenvalue weighted by Crippen LogP contribution is -2.25. The minimum absolute atomic E-state index is 0.136. The lowest BCUT2D eigenvalue weighted by Gasteiger charge is -2.18. The first-order valence-electron chi connectivity index (χ1n) is 5.79. The van der Waals surface area contributed by atoms with Crippen molar-refractivity contribution in [3.05, 3.63) is 11.9 Å². The minimum atomic E-state index is 0.136. The highest BCUT2D eigenvalue weighted by atomic mass is 15.2. The van der Waals surface area contributed by atoms with E-state index in [0.29, 0.717) is 11.6 Å². The molecular weight excluding hydrogens is 228 g/mol. The Morgan fingerprint density at radius 2 is 1.94 bits per heavy atom. The first-order chi connectivity index (χ1) is 8.71. The van der Waals surface area contributed by atoms with Gasteiger partial charge in [0, 0.05) is 12.6 Å². The Kier molecular flexibility index (Phi) is 5.40. The van der Waals surface area contributed by atoms with Crippen LogP contribution >= 0.6 is 0 Å². The maximum Gasteiger partial charge on any atom is 0.136 e. The smallest absolute Gasteiger partial charge is 0.136 e. The van der Waals surface area contributed by atoms with E-state index < -0.39 is 0 Å². The highest BCUT2D eigenvalue weighted by molar-refractivity contribution is 5.50. The number of nitriles is 2. The molecule has 0 radical (unpaired) electrons. The average Bonchev–Trinajstić information content (AvgIpc) is 2.35. The summed E-state index contributed by atoms with van der Waals surface area (Å²) in [5.74, 6) is 1.94. The molecule has 0 aliphatic heterocycles. The Morgan fingerprint density at radius 1 is 1.28 bits per heavy atom. The van der Waals surface area contributed by atoms with Crippen LogP contribution < -0.4 is 10.2 Å². The van der Waals surface area contributed by atoms with Crippen LogP contribution in [0.15, 0.2) is 6.07 Å². The summed E-state index contributed by atoms with van der Waals surface area (Å²) in [7, 11) is 0. The molecule has 0 fully saturated rings. The molecule has 1 aromatic rings. The van der Waals surface area contributed by atoms with Crippen LogP contribution in [0.25, 0.3) is 0 Å². The first-order valence-corrected chi connectivity index (χ1v) is 5.79. The summed E-state index contributed by atoms with van der Waals surface area (Å²) in [5, 5.41) is 20.7. The second kappa shape index (κ2) is 7.08. The van der Waals surface area contributed by atoms with E-state index in [9.17, 15) is 0 Å². The molecule has 0 saturated heterocycles. The van der Waals surface area contributed by atoms with E-state index in [1.165, 1.54) is 0 Å². The third-order valence-corrected chi connectivity index (χ3v) is 2.23. The number of rotatable bonds is 6. The Balaban J connectivity index is 2.96. The quantitative estimate of drug-likeness (QED) is 0.762. The van der Waals surface area contributed by atoms with Gasteiger partial charge in [0.05, 0.1) is 12.1 Å². The molecule has 0 bridgehead atoms. The van der Waals surface area contributed by atoms with Crippen molar-refractivity contribution in [2.45, 2.75) is 20.3 Å². The van der Waals surface area contributed by atoms with E-state index >= 15 is 0 Å². The molecule has 1 aromatic heterocycles. The number of anilines is 2. The zero-order valence-corrected chi connectivity index (χ0v) is 10.6. The van der Waals surface area contributed by atoms with Crippen LogP contribution in [0.3, 0.4) is 0 Å². The van der Waals surface area contributed by atoms with Crippen molar-refractivity contribution < 1.29 is 0 Å². The Labute approximate surface area is 107 Å². The van der Waals surface area contributed by atoms with Gasteiger partial charge in [-0.1, -0.05) is 6.92 Å². The summed E-state index contributed by atoms with van der Waals surface area (Å²) >= 11 is 0. The number of aromatic nitrogens is 2. The van der Waals surface area contributed by atoms with E-state index in [0.717, 1.165) is 18.8 Å². The molecule has 1 rings (SSSR count). The average molecular weight is 244 g/mol. The maximum absolute atomic E-state index is 8.74. The molecule has 0 amide bonds. The van der Waals surface area contributed by atoms with Gasteiger partial charge in [0.2, 0.25) is 0 Å². The highest BCUT2D eigenvalue weighted by Gasteiger charge is 2.09. The summed E-state index contributed by atoms with van der Waals surface area (Å²) in [6.45, 7) is 4.96. The van der Waals surface area contributed by atoms with E-state index in [1.807, 2.05) is 12.1 Å². The first kappa shape index (κ1) is 13.7. The van der Waals surface area contributed by atoms with Crippen LogP contribution in [-0.2, 0) is 0 Å². The highest BCUT2D eigenvalue weighted by Crippen LogP contribution is 2.15. The molecule has 0 aromatic carbocycles. The van der Waals surface area contributed by atoms with E-state index in [-0.39, 0.29) is 13.1 Å². The molecule has 0 atom stereocenters. The van der Waals surface area contributed by atoms with Gasteiger partial charge in [0.15, 0.2) is 0 Å². The molecule has 0 spiro atoms. The van der Waals surface area contributed by atoms with Crippen LogP contribution in [-0.4, -0.2) is 29.6 Å². The monoisotopic (exact) mass is 244 g/mol. The summed E-state index contributed by atoms with van der Waals surface area (Å²) in [4.78, 5) is 10.1. The molecule has 18 heavy (non-hydrogen) atoms. The van der Waals surface area contributed by atoms with Gasteiger partial charge in [-0.25, -0.2) is 9.97 Å². The molecule has 6 heteroatoms. The fraction of sp³-hybridized carbons (Fsp3) is 0.500. The zero-order valence-electron chi connectivity index (χ0n) is 10.6. The van der Waals surface area contributed by atoms with Crippen molar-refractivity contribution in [1.29, 1.82) is 10.5 Å². The molecule has 0 aliphatic carbocycles. The summed E-state index contributed by atoms with van der Waals surface area (Å²) < 4.78 is 0. The Morgan fingerprint density at radius 3 is 2.50 bits per heavy atom. The number of hydrogen-bond acceptors (Lipinski definition) is 6. The van der Waals surface area contributed by atoms with Crippen molar-refractivity contribution in [2.24, 2.45) is 0 Å². The van der Waals surface area contributed by atoms with Crippen LogP contribution in [0.4, 0.5) is 11.6 Å².